The monoisotopic (exact) mass is 356 g/mol. The number of sulfonamides is 1. The van der Waals surface area contributed by atoms with E-state index in [4.69, 9.17) is 9.47 Å². The van der Waals surface area contributed by atoms with E-state index >= 15 is 0 Å². The van der Waals surface area contributed by atoms with Crippen molar-refractivity contribution in [1.29, 1.82) is 0 Å². The van der Waals surface area contributed by atoms with E-state index in [0.29, 0.717) is 18.7 Å². The first kappa shape index (κ1) is 18.4. The minimum Gasteiger partial charge on any atom is -0.454 e. The molecule has 1 aliphatic rings. The summed E-state index contributed by atoms with van der Waals surface area (Å²) in [6.07, 6.45) is 0.774. The Balaban J connectivity index is 1.93. The van der Waals surface area contributed by atoms with Crippen molar-refractivity contribution in [3.8, 4) is 0 Å². The second kappa shape index (κ2) is 7.73. The molecule has 0 bridgehead atoms. The fourth-order valence-electron chi connectivity index (χ4n) is 2.14. The van der Waals surface area contributed by atoms with Crippen molar-refractivity contribution >= 4 is 27.6 Å². The quantitative estimate of drug-likeness (QED) is 0.749. The van der Waals surface area contributed by atoms with E-state index in [0.717, 1.165) is 10.7 Å². The number of benzene rings is 1. The number of anilines is 1. The van der Waals surface area contributed by atoms with Gasteiger partial charge in [-0.05, 0) is 31.0 Å². The van der Waals surface area contributed by atoms with Crippen LogP contribution in [0.4, 0.5) is 5.69 Å². The summed E-state index contributed by atoms with van der Waals surface area (Å²) >= 11 is 0. The molecule has 2 rings (SSSR count). The summed E-state index contributed by atoms with van der Waals surface area (Å²) < 4.78 is 35.3. The first-order valence-corrected chi connectivity index (χ1v) is 8.85. The second-order valence-corrected chi connectivity index (χ2v) is 7.62. The highest BCUT2D eigenvalue weighted by Crippen LogP contribution is 2.18. The smallest absolute Gasteiger partial charge is 0.335 e. The van der Waals surface area contributed by atoms with Crippen molar-refractivity contribution in [3.63, 3.8) is 0 Å². The van der Waals surface area contributed by atoms with E-state index < -0.39 is 34.6 Å². The highest BCUT2D eigenvalue weighted by Gasteiger charge is 2.25. The molecule has 8 nitrogen and oxygen atoms in total. The molecule has 9 heteroatoms. The van der Waals surface area contributed by atoms with Crippen LogP contribution in [0.15, 0.2) is 29.2 Å². The van der Waals surface area contributed by atoms with Crippen molar-refractivity contribution in [2.45, 2.75) is 23.8 Å². The van der Waals surface area contributed by atoms with Crippen molar-refractivity contribution in [2.24, 2.45) is 0 Å². The number of amides is 1. The van der Waals surface area contributed by atoms with Crippen molar-refractivity contribution in [3.05, 3.63) is 24.3 Å². The normalized spacial score (nSPS) is 17.7. The fraction of sp³-hybridized carbons (Fsp3) is 0.467. The average Bonchev–Trinajstić information content (AvgIpc) is 3.07. The van der Waals surface area contributed by atoms with Gasteiger partial charge in [-0.25, -0.2) is 17.5 Å². The number of carbonyl (C=O) groups excluding carboxylic acids is 2. The Hall–Kier alpha value is -1.97. The highest BCUT2D eigenvalue weighted by atomic mass is 32.2. The third-order valence-electron chi connectivity index (χ3n) is 3.43. The summed E-state index contributed by atoms with van der Waals surface area (Å²) in [5.41, 5.74) is 0.302. The van der Waals surface area contributed by atoms with Gasteiger partial charge < -0.3 is 14.8 Å². The van der Waals surface area contributed by atoms with Crippen LogP contribution in [0.1, 0.15) is 12.8 Å². The van der Waals surface area contributed by atoms with Crippen LogP contribution in [-0.4, -0.2) is 58.0 Å². The maximum atomic E-state index is 12.1. The van der Waals surface area contributed by atoms with Crippen LogP contribution in [0.2, 0.25) is 0 Å². The van der Waals surface area contributed by atoms with Gasteiger partial charge in [0.2, 0.25) is 10.0 Å². The van der Waals surface area contributed by atoms with Gasteiger partial charge in [0, 0.05) is 26.4 Å². The Morgan fingerprint density at radius 3 is 2.75 bits per heavy atom. The summed E-state index contributed by atoms with van der Waals surface area (Å²) in [4.78, 5) is 23.5. The van der Waals surface area contributed by atoms with Gasteiger partial charge in [-0.15, -0.1) is 0 Å². The Kier molecular flexibility index (Phi) is 5.92. The predicted octanol–water partition coefficient (Wildman–Crippen LogP) is 0.598. The molecule has 1 saturated heterocycles. The number of carbonyl (C=O) groups is 2. The molecule has 0 radical (unpaired) electrons. The van der Waals surface area contributed by atoms with Crippen molar-refractivity contribution in [2.75, 3.05) is 32.6 Å². The topological polar surface area (TPSA) is 102 Å². The van der Waals surface area contributed by atoms with Gasteiger partial charge in [-0.2, -0.15) is 0 Å². The third kappa shape index (κ3) is 4.53. The van der Waals surface area contributed by atoms with E-state index in [-0.39, 0.29) is 4.90 Å². The predicted molar refractivity (Wildman–Crippen MR) is 85.9 cm³/mol. The lowest BCUT2D eigenvalue weighted by atomic mass is 10.2. The van der Waals surface area contributed by atoms with Gasteiger partial charge in [0.25, 0.3) is 5.91 Å². The summed E-state index contributed by atoms with van der Waals surface area (Å²) in [5, 5.41) is 2.50. The number of hydrogen-bond donors (Lipinski definition) is 1. The molecule has 1 atom stereocenters. The van der Waals surface area contributed by atoms with Gasteiger partial charge in [-0.1, -0.05) is 6.07 Å². The molecule has 0 unspecified atom stereocenters. The largest absolute Gasteiger partial charge is 0.454 e. The number of rotatable bonds is 6. The number of hydrogen-bond acceptors (Lipinski definition) is 6. The number of nitrogens with zero attached hydrogens (tertiary/aromatic N) is 1. The zero-order valence-electron chi connectivity index (χ0n) is 13.5. The van der Waals surface area contributed by atoms with Gasteiger partial charge >= 0.3 is 5.97 Å². The van der Waals surface area contributed by atoms with Crippen LogP contribution in [0.3, 0.4) is 0 Å². The SMILES string of the molecule is CN(C)S(=O)(=O)c1cccc(NC(=O)COC(=O)[C@H]2CCCO2)c1. The van der Waals surface area contributed by atoms with Crippen LogP contribution in [0, 0.1) is 0 Å². The molecule has 1 N–H and O–H groups in total. The minimum atomic E-state index is -3.59. The zero-order valence-corrected chi connectivity index (χ0v) is 14.3. The van der Waals surface area contributed by atoms with E-state index in [9.17, 15) is 18.0 Å². The molecular formula is C15H20N2O6S. The summed E-state index contributed by atoms with van der Waals surface area (Å²) in [7, 11) is -0.748. The first-order chi connectivity index (χ1) is 11.3. The third-order valence-corrected chi connectivity index (χ3v) is 5.25. The molecule has 1 fully saturated rings. The van der Waals surface area contributed by atoms with E-state index in [1.54, 1.807) is 6.07 Å². The molecule has 1 aromatic rings. The summed E-state index contributed by atoms with van der Waals surface area (Å²) in [5.74, 6) is -1.12. The second-order valence-electron chi connectivity index (χ2n) is 5.47. The number of nitrogens with one attached hydrogen (secondary N) is 1. The molecule has 0 spiro atoms. The Labute approximate surface area is 140 Å². The van der Waals surface area contributed by atoms with Gasteiger partial charge in [0.1, 0.15) is 0 Å². The molecule has 132 valence electrons. The molecule has 0 saturated carbocycles. The van der Waals surface area contributed by atoms with Crippen LogP contribution < -0.4 is 5.32 Å². The van der Waals surface area contributed by atoms with Gasteiger partial charge in [0.15, 0.2) is 12.7 Å². The van der Waals surface area contributed by atoms with Crippen LogP contribution >= 0.6 is 0 Å². The van der Waals surface area contributed by atoms with E-state index in [1.165, 1.54) is 32.3 Å². The summed E-state index contributed by atoms with van der Waals surface area (Å²) in [6, 6.07) is 5.84. The molecule has 0 aliphatic carbocycles. The van der Waals surface area contributed by atoms with Crippen LogP contribution in [0.5, 0.6) is 0 Å². The van der Waals surface area contributed by atoms with Crippen LogP contribution in [-0.2, 0) is 29.1 Å². The maximum Gasteiger partial charge on any atom is 0.335 e. The molecular weight excluding hydrogens is 336 g/mol. The molecule has 1 aliphatic heterocycles. The Morgan fingerprint density at radius 1 is 1.38 bits per heavy atom. The lowest BCUT2D eigenvalue weighted by Gasteiger charge is -2.13. The fourth-order valence-corrected chi connectivity index (χ4v) is 3.08. The highest BCUT2D eigenvalue weighted by molar-refractivity contribution is 7.89. The average molecular weight is 356 g/mol. The molecule has 1 amide bonds. The lowest BCUT2D eigenvalue weighted by Crippen LogP contribution is -2.27. The molecule has 24 heavy (non-hydrogen) atoms. The number of ether oxygens (including phenoxy) is 2. The standard InChI is InChI=1S/C15H20N2O6S/c1-17(2)24(20,21)12-6-3-5-11(9-12)16-14(18)10-23-15(19)13-7-4-8-22-13/h3,5-6,9,13H,4,7-8,10H2,1-2H3,(H,16,18)/t13-/m1/s1. The maximum absolute atomic E-state index is 12.1. The Bertz CT molecular complexity index is 710. The summed E-state index contributed by atoms with van der Waals surface area (Å²) in [6.45, 7) is 0.0580. The van der Waals surface area contributed by atoms with Gasteiger partial charge in [-0.3, -0.25) is 4.79 Å². The van der Waals surface area contributed by atoms with Gasteiger partial charge in [0.05, 0.1) is 4.90 Å². The molecule has 1 heterocycles. The Morgan fingerprint density at radius 2 is 2.12 bits per heavy atom. The zero-order chi connectivity index (χ0) is 17.7. The molecule has 1 aromatic carbocycles. The van der Waals surface area contributed by atoms with Crippen molar-refractivity contribution < 1.29 is 27.5 Å². The van der Waals surface area contributed by atoms with E-state index in [1.807, 2.05) is 0 Å². The minimum absolute atomic E-state index is 0.0571. The van der Waals surface area contributed by atoms with Crippen molar-refractivity contribution in [1.82, 2.24) is 4.31 Å². The molecule has 0 aromatic heterocycles. The number of esters is 1. The van der Waals surface area contributed by atoms with E-state index in [2.05, 4.69) is 5.32 Å². The lowest BCUT2D eigenvalue weighted by molar-refractivity contribution is -0.156. The first-order valence-electron chi connectivity index (χ1n) is 7.41. The van der Waals surface area contributed by atoms with Crippen LogP contribution in [0.25, 0.3) is 0 Å².